The number of nitriles is 1. The monoisotopic (exact) mass is 329 g/mol. The molecule has 0 aliphatic rings. The summed E-state index contributed by atoms with van der Waals surface area (Å²) in [4.78, 5) is 20.4. The van der Waals surface area contributed by atoms with Crippen molar-refractivity contribution in [3.05, 3.63) is 83.9 Å². The number of para-hydroxylation sites is 1. The van der Waals surface area contributed by atoms with E-state index in [1.165, 1.54) is 0 Å². The SMILES string of the molecule is N#Cc1ccccc1Nc1ccc(C(=O)NCc2ccccn2)nc1. The van der Waals surface area contributed by atoms with Crippen LogP contribution in [0.4, 0.5) is 11.4 Å². The molecule has 0 bridgehead atoms. The number of benzene rings is 1. The molecule has 0 fully saturated rings. The number of nitrogens with zero attached hydrogens (tertiary/aromatic N) is 3. The van der Waals surface area contributed by atoms with Gasteiger partial charge in [-0.05, 0) is 36.4 Å². The number of carbonyl (C=O) groups is 1. The molecule has 0 saturated heterocycles. The Bertz CT molecular complexity index is 901. The van der Waals surface area contributed by atoms with Gasteiger partial charge in [-0.15, -0.1) is 0 Å². The molecule has 0 radical (unpaired) electrons. The van der Waals surface area contributed by atoms with Gasteiger partial charge in [0, 0.05) is 6.20 Å². The molecule has 2 N–H and O–H groups in total. The van der Waals surface area contributed by atoms with Crippen molar-refractivity contribution in [3.8, 4) is 6.07 Å². The third-order valence-corrected chi connectivity index (χ3v) is 3.48. The van der Waals surface area contributed by atoms with Crippen LogP contribution in [0.1, 0.15) is 21.7 Å². The highest BCUT2D eigenvalue weighted by Crippen LogP contribution is 2.19. The molecule has 0 saturated carbocycles. The lowest BCUT2D eigenvalue weighted by atomic mass is 10.2. The Morgan fingerprint density at radius 1 is 1.04 bits per heavy atom. The minimum Gasteiger partial charge on any atom is -0.353 e. The van der Waals surface area contributed by atoms with Crippen molar-refractivity contribution in [3.63, 3.8) is 0 Å². The molecule has 122 valence electrons. The van der Waals surface area contributed by atoms with Gasteiger partial charge in [-0.2, -0.15) is 5.26 Å². The predicted molar refractivity (Wildman–Crippen MR) is 94.1 cm³/mol. The third-order valence-electron chi connectivity index (χ3n) is 3.48. The van der Waals surface area contributed by atoms with E-state index in [4.69, 9.17) is 5.26 Å². The molecule has 3 rings (SSSR count). The van der Waals surface area contributed by atoms with Gasteiger partial charge in [0.15, 0.2) is 0 Å². The van der Waals surface area contributed by atoms with Crippen molar-refractivity contribution in [2.75, 3.05) is 5.32 Å². The van der Waals surface area contributed by atoms with E-state index in [0.717, 1.165) is 5.69 Å². The largest absolute Gasteiger partial charge is 0.353 e. The van der Waals surface area contributed by atoms with E-state index in [2.05, 4.69) is 26.7 Å². The zero-order valence-electron chi connectivity index (χ0n) is 13.3. The molecule has 0 atom stereocenters. The topological polar surface area (TPSA) is 90.7 Å². The summed E-state index contributed by atoms with van der Waals surface area (Å²) in [5.74, 6) is -0.269. The number of nitrogens with one attached hydrogen (secondary N) is 2. The van der Waals surface area contributed by atoms with Gasteiger partial charge in [-0.1, -0.05) is 18.2 Å². The molecule has 0 aliphatic carbocycles. The maximum atomic E-state index is 12.1. The van der Waals surface area contributed by atoms with Crippen LogP contribution in [0.5, 0.6) is 0 Å². The predicted octanol–water partition coefficient (Wildman–Crippen LogP) is 3.02. The zero-order chi connectivity index (χ0) is 17.5. The van der Waals surface area contributed by atoms with Crippen LogP contribution in [0.15, 0.2) is 67.0 Å². The molecule has 1 aromatic carbocycles. The van der Waals surface area contributed by atoms with Crippen molar-refractivity contribution >= 4 is 17.3 Å². The lowest BCUT2D eigenvalue weighted by Gasteiger charge is -2.08. The molecule has 3 aromatic rings. The first-order chi connectivity index (χ1) is 12.3. The van der Waals surface area contributed by atoms with Gasteiger partial charge in [-0.25, -0.2) is 4.98 Å². The Morgan fingerprint density at radius 3 is 2.60 bits per heavy atom. The highest BCUT2D eigenvalue weighted by molar-refractivity contribution is 5.92. The van der Waals surface area contributed by atoms with Crippen molar-refractivity contribution in [2.24, 2.45) is 0 Å². The molecule has 2 heterocycles. The molecule has 25 heavy (non-hydrogen) atoms. The second-order valence-corrected chi connectivity index (χ2v) is 5.22. The summed E-state index contributed by atoms with van der Waals surface area (Å²) in [5.41, 5.74) is 3.03. The number of anilines is 2. The lowest BCUT2D eigenvalue weighted by Crippen LogP contribution is -2.24. The number of pyridine rings is 2. The first kappa shape index (κ1) is 16.1. The van der Waals surface area contributed by atoms with Gasteiger partial charge in [0.25, 0.3) is 5.91 Å². The second kappa shape index (κ2) is 7.70. The number of rotatable bonds is 5. The van der Waals surface area contributed by atoms with Gasteiger partial charge in [-0.3, -0.25) is 9.78 Å². The molecule has 1 amide bonds. The van der Waals surface area contributed by atoms with Crippen LogP contribution in [0.2, 0.25) is 0 Å². The number of hydrogen-bond donors (Lipinski definition) is 2. The number of hydrogen-bond acceptors (Lipinski definition) is 5. The van der Waals surface area contributed by atoms with Crippen LogP contribution in [-0.4, -0.2) is 15.9 Å². The average molecular weight is 329 g/mol. The van der Waals surface area contributed by atoms with Gasteiger partial charge >= 0.3 is 0 Å². The third kappa shape index (κ3) is 4.18. The summed E-state index contributed by atoms with van der Waals surface area (Å²) in [5, 5.41) is 15.0. The van der Waals surface area contributed by atoms with Crippen LogP contribution in [-0.2, 0) is 6.54 Å². The Kier molecular flexibility index (Phi) is 4.98. The number of carbonyl (C=O) groups excluding carboxylic acids is 1. The minimum absolute atomic E-state index is 0.269. The minimum atomic E-state index is -0.269. The van der Waals surface area contributed by atoms with Crippen LogP contribution in [0, 0.1) is 11.3 Å². The molecule has 0 spiro atoms. The smallest absolute Gasteiger partial charge is 0.270 e. The van der Waals surface area contributed by atoms with Crippen molar-refractivity contribution in [1.29, 1.82) is 5.26 Å². The maximum absolute atomic E-state index is 12.1. The molecular weight excluding hydrogens is 314 g/mol. The molecular formula is C19H15N5O. The van der Waals surface area contributed by atoms with E-state index in [9.17, 15) is 4.79 Å². The second-order valence-electron chi connectivity index (χ2n) is 5.22. The average Bonchev–Trinajstić information content (AvgIpc) is 2.68. The quantitative estimate of drug-likeness (QED) is 0.751. The molecule has 6 heteroatoms. The number of aromatic nitrogens is 2. The summed E-state index contributed by atoms with van der Waals surface area (Å²) in [6.45, 7) is 0.344. The van der Waals surface area contributed by atoms with E-state index in [-0.39, 0.29) is 5.91 Å². The van der Waals surface area contributed by atoms with Crippen molar-refractivity contribution < 1.29 is 4.79 Å². The summed E-state index contributed by atoms with van der Waals surface area (Å²) in [6.07, 6.45) is 3.24. The van der Waals surface area contributed by atoms with E-state index >= 15 is 0 Å². The summed E-state index contributed by atoms with van der Waals surface area (Å²) < 4.78 is 0. The van der Waals surface area contributed by atoms with Gasteiger partial charge in [0.05, 0.1) is 35.4 Å². The highest BCUT2D eigenvalue weighted by Gasteiger charge is 2.08. The molecule has 2 aromatic heterocycles. The van der Waals surface area contributed by atoms with E-state index < -0.39 is 0 Å². The molecule has 0 aliphatic heterocycles. The van der Waals surface area contributed by atoms with Crippen molar-refractivity contribution in [1.82, 2.24) is 15.3 Å². The Hall–Kier alpha value is -3.72. The van der Waals surface area contributed by atoms with E-state index in [1.54, 1.807) is 36.7 Å². The Balaban J connectivity index is 1.64. The Labute approximate surface area is 145 Å². The van der Waals surface area contributed by atoms with Crippen LogP contribution in [0.3, 0.4) is 0 Å². The summed E-state index contributed by atoms with van der Waals surface area (Å²) >= 11 is 0. The molecule has 0 unspecified atom stereocenters. The van der Waals surface area contributed by atoms with Crippen LogP contribution >= 0.6 is 0 Å². The van der Waals surface area contributed by atoms with Crippen LogP contribution in [0.25, 0.3) is 0 Å². The first-order valence-electron chi connectivity index (χ1n) is 7.66. The zero-order valence-corrected chi connectivity index (χ0v) is 13.3. The lowest BCUT2D eigenvalue weighted by molar-refractivity contribution is 0.0945. The number of amides is 1. The normalized spacial score (nSPS) is 9.88. The summed E-state index contributed by atoms with van der Waals surface area (Å²) in [6, 6.07) is 18.2. The fourth-order valence-corrected chi connectivity index (χ4v) is 2.21. The fourth-order valence-electron chi connectivity index (χ4n) is 2.21. The maximum Gasteiger partial charge on any atom is 0.270 e. The summed E-state index contributed by atoms with van der Waals surface area (Å²) in [7, 11) is 0. The van der Waals surface area contributed by atoms with Crippen LogP contribution < -0.4 is 10.6 Å². The standard InChI is InChI=1S/C19H15N5O/c20-11-14-5-1-2-7-17(14)24-16-8-9-18(22-13-16)19(25)23-12-15-6-3-4-10-21-15/h1-10,13,24H,12H2,(H,23,25). The van der Waals surface area contributed by atoms with E-state index in [1.807, 2.05) is 30.3 Å². The Morgan fingerprint density at radius 2 is 1.88 bits per heavy atom. The molecule has 6 nitrogen and oxygen atoms in total. The van der Waals surface area contributed by atoms with E-state index in [0.29, 0.717) is 29.2 Å². The van der Waals surface area contributed by atoms with Crippen molar-refractivity contribution in [2.45, 2.75) is 6.54 Å². The first-order valence-corrected chi connectivity index (χ1v) is 7.66. The fraction of sp³-hybridized carbons (Fsp3) is 0.0526. The van der Waals surface area contributed by atoms with Gasteiger partial charge < -0.3 is 10.6 Å². The van der Waals surface area contributed by atoms with Gasteiger partial charge in [0.1, 0.15) is 11.8 Å². The van der Waals surface area contributed by atoms with Gasteiger partial charge in [0.2, 0.25) is 0 Å². The highest BCUT2D eigenvalue weighted by atomic mass is 16.1.